The van der Waals surface area contributed by atoms with Crippen molar-refractivity contribution < 1.29 is 14.9 Å². The maximum Gasteiger partial charge on any atom is 0.119 e. The SMILES string of the molecule is CC(c1ccccc1)C(O)CN1CCN(CC(O)COc2ccc(C(C)(C)C)cc2)CC1. The van der Waals surface area contributed by atoms with E-state index in [4.69, 9.17) is 4.74 Å². The van der Waals surface area contributed by atoms with Gasteiger partial charge in [0, 0.05) is 45.2 Å². The van der Waals surface area contributed by atoms with Crippen molar-refractivity contribution in [2.45, 2.75) is 51.2 Å². The van der Waals surface area contributed by atoms with Crippen molar-refractivity contribution in [2.24, 2.45) is 0 Å². The highest BCUT2D eigenvalue weighted by Gasteiger charge is 2.24. The Labute approximate surface area is 193 Å². The van der Waals surface area contributed by atoms with E-state index in [9.17, 15) is 10.2 Å². The van der Waals surface area contributed by atoms with Crippen LogP contribution in [0.3, 0.4) is 0 Å². The van der Waals surface area contributed by atoms with Crippen LogP contribution < -0.4 is 4.74 Å². The minimum atomic E-state index is -0.521. The highest BCUT2D eigenvalue weighted by Crippen LogP contribution is 2.24. The molecule has 5 heteroatoms. The molecule has 1 heterocycles. The predicted molar refractivity (Wildman–Crippen MR) is 130 cm³/mol. The summed E-state index contributed by atoms with van der Waals surface area (Å²) >= 11 is 0. The van der Waals surface area contributed by atoms with Crippen LogP contribution in [0.1, 0.15) is 44.7 Å². The van der Waals surface area contributed by atoms with Gasteiger partial charge in [-0.15, -0.1) is 0 Å². The lowest BCUT2D eigenvalue weighted by Crippen LogP contribution is -2.51. The second-order valence-electron chi connectivity index (χ2n) is 10.1. The quantitative estimate of drug-likeness (QED) is 0.625. The number of ether oxygens (including phenoxy) is 1. The van der Waals surface area contributed by atoms with Gasteiger partial charge in [0.1, 0.15) is 18.5 Å². The lowest BCUT2D eigenvalue weighted by atomic mass is 9.87. The van der Waals surface area contributed by atoms with Gasteiger partial charge in [-0.2, -0.15) is 0 Å². The highest BCUT2D eigenvalue weighted by atomic mass is 16.5. The number of hydrogen-bond donors (Lipinski definition) is 2. The van der Waals surface area contributed by atoms with Crippen LogP contribution in [0.15, 0.2) is 54.6 Å². The van der Waals surface area contributed by atoms with Crippen molar-refractivity contribution in [1.82, 2.24) is 9.80 Å². The van der Waals surface area contributed by atoms with Gasteiger partial charge >= 0.3 is 0 Å². The molecule has 0 bridgehead atoms. The van der Waals surface area contributed by atoms with Crippen molar-refractivity contribution in [3.63, 3.8) is 0 Å². The topological polar surface area (TPSA) is 56.2 Å². The molecule has 3 atom stereocenters. The highest BCUT2D eigenvalue weighted by molar-refractivity contribution is 5.31. The van der Waals surface area contributed by atoms with Gasteiger partial charge in [0.25, 0.3) is 0 Å². The molecule has 2 N–H and O–H groups in total. The second kappa shape index (κ2) is 11.3. The Bertz CT molecular complexity index is 796. The molecule has 3 unspecified atom stereocenters. The van der Waals surface area contributed by atoms with Gasteiger partial charge in [-0.3, -0.25) is 9.80 Å². The molecule has 0 amide bonds. The normalized spacial score (nSPS) is 18.8. The zero-order valence-corrected chi connectivity index (χ0v) is 20.1. The van der Waals surface area contributed by atoms with Gasteiger partial charge in [-0.1, -0.05) is 70.2 Å². The Morgan fingerprint density at radius 2 is 1.41 bits per heavy atom. The van der Waals surface area contributed by atoms with Gasteiger partial charge in [0.05, 0.1) is 6.10 Å². The van der Waals surface area contributed by atoms with Crippen LogP contribution in [0.2, 0.25) is 0 Å². The molecule has 0 radical (unpaired) electrons. The third-order valence-corrected chi connectivity index (χ3v) is 6.44. The zero-order chi connectivity index (χ0) is 23.1. The minimum Gasteiger partial charge on any atom is -0.491 e. The summed E-state index contributed by atoms with van der Waals surface area (Å²) in [5.41, 5.74) is 2.57. The Kier molecular flexibility index (Phi) is 8.72. The largest absolute Gasteiger partial charge is 0.491 e. The zero-order valence-electron chi connectivity index (χ0n) is 20.1. The number of benzene rings is 2. The van der Waals surface area contributed by atoms with Gasteiger partial charge in [0.15, 0.2) is 0 Å². The molecule has 1 saturated heterocycles. The average molecular weight is 441 g/mol. The van der Waals surface area contributed by atoms with E-state index in [1.807, 2.05) is 30.3 Å². The second-order valence-corrected chi connectivity index (χ2v) is 10.1. The van der Waals surface area contributed by atoms with Crippen molar-refractivity contribution >= 4 is 0 Å². The molecule has 5 nitrogen and oxygen atoms in total. The first-order valence-electron chi connectivity index (χ1n) is 11.8. The smallest absolute Gasteiger partial charge is 0.119 e. The third kappa shape index (κ3) is 7.31. The summed E-state index contributed by atoms with van der Waals surface area (Å²) in [6.45, 7) is 13.8. The number of rotatable bonds is 9. The maximum absolute atomic E-state index is 10.7. The molecule has 0 aromatic heterocycles. The molecule has 2 aromatic rings. The minimum absolute atomic E-state index is 0.116. The number of β-amino-alcohol motifs (C(OH)–C–C–N with tert-alkyl or cyclic N) is 2. The summed E-state index contributed by atoms with van der Waals surface area (Å²) in [6.07, 6.45) is -0.903. The number of nitrogens with zero attached hydrogens (tertiary/aromatic N) is 2. The summed E-state index contributed by atoms with van der Waals surface area (Å²) in [4.78, 5) is 4.60. The van der Waals surface area contributed by atoms with Crippen molar-refractivity contribution in [2.75, 3.05) is 45.9 Å². The number of piperazine rings is 1. The Hall–Kier alpha value is -1.92. The van der Waals surface area contributed by atoms with Gasteiger partial charge in [-0.25, -0.2) is 0 Å². The summed E-state index contributed by atoms with van der Waals surface area (Å²) in [5.74, 6) is 0.911. The molecule has 176 valence electrons. The van der Waals surface area contributed by atoms with Crippen molar-refractivity contribution in [3.05, 3.63) is 65.7 Å². The first-order chi connectivity index (χ1) is 15.2. The van der Waals surface area contributed by atoms with E-state index in [1.165, 1.54) is 11.1 Å². The van der Waals surface area contributed by atoms with Gasteiger partial charge in [-0.05, 0) is 28.7 Å². The molecular formula is C27H40N2O3. The number of aliphatic hydroxyl groups excluding tert-OH is 2. The van der Waals surface area contributed by atoms with Crippen LogP contribution in [-0.4, -0.2) is 78.1 Å². The van der Waals surface area contributed by atoms with E-state index in [0.717, 1.165) is 31.9 Å². The molecule has 0 saturated carbocycles. The standard InChI is InChI=1S/C27H40N2O3/c1-21(22-8-6-5-7-9-22)26(31)19-29-16-14-28(15-17-29)18-24(30)20-32-25-12-10-23(11-13-25)27(2,3)4/h5-13,21,24,26,30-31H,14-20H2,1-4H3. The lowest BCUT2D eigenvalue weighted by molar-refractivity contribution is 0.0297. The van der Waals surface area contributed by atoms with Crippen molar-refractivity contribution in [1.29, 1.82) is 0 Å². The summed E-state index contributed by atoms with van der Waals surface area (Å²) in [7, 11) is 0. The van der Waals surface area contributed by atoms with Crippen LogP contribution in [0.4, 0.5) is 0 Å². The molecule has 32 heavy (non-hydrogen) atoms. The van der Waals surface area contributed by atoms with Crippen LogP contribution in [0, 0.1) is 0 Å². The first-order valence-corrected chi connectivity index (χ1v) is 11.8. The van der Waals surface area contributed by atoms with E-state index < -0.39 is 6.10 Å². The molecule has 3 rings (SSSR count). The van der Waals surface area contributed by atoms with Crippen LogP contribution in [0.25, 0.3) is 0 Å². The Balaban J connectivity index is 1.36. The van der Waals surface area contributed by atoms with E-state index in [0.29, 0.717) is 19.7 Å². The summed E-state index contributed by atoms with van der Waals surface area (Å²) < 4.78 is 5.80. The summed E-state index contributed by atoms with van der Waals surface area (Å²) in [5, 5.41) is 21.1. The van der Waals surface area contributed by atoms with Gasteiger partial charge < -0.3 is 14.9 Å². The number of aliphatic hydroxyl groups is 2. The fourth-order valence-corrected chi connectivity index (χ4v) is 4.15. The van der Waals surface area contributed by atoms with Crippen LogP contribution in [-0.2, 0) is 5.41 Å². The van der Waals surface area contributed by atoms with Gasteiger partial charge in [0.2, 0.25) is 0 Å². The maximum atomic E-state index is 10.7. The average Bonchev–Trinajstić information content (AvgIpc) is 2.78. The van der Waals surface area contributed by atoms with E-state index >= 15 is 0 Å². The fraction of sp³-hybridized carbons (Fsp3) is 0.556. The Morgan fingerprint density at radius 3 is 1.97 bits per heavy atom. The van der Waals surface area contributed by atoms with E-state index in [-0.39, 0.29) is 17.4 Å². The molecule has 2 aromatic carbocycles. The molecule has 1 aliphatic heterocycles. The molecule has 0 spiro atoms. The first kappa shape index (κ1) is 24.7. The fourth-order valence-electron chi connectivity index (χ4n) is 4.15. The van der Waals surface area contributed by atoms with Crippen molar-refractivity contribution in [3.8, 4) is 5.75 Å². The van der Waals surface area contributed by atoms with Crippen LogP contribution in [0.5, 0.6) is 5.75 Å². The lowest BCUT2D eigenvalue weighted by Gasteiger charge is -2.37. The summed E-state index contributed by atoms with van der Waals surface area (Å²) in [6, 6.07) is 18.3. The predicted octanol–water partition coefficient (Wildman–Crippen LogP) is 3.51. The third-order valence-electron chi connectivity index (χ3n) is 6.44. The molecule has 0 aliphatic carbocycles. The Morgan fingerprint density at radius 1 is 0.844 bits per heavy atom. The number of hydrogen-bond acceptors (Lipinski definition) is 5. The van der Waals surface area contributed by atoms with E-state index in [2.05, 4.69) is 61.8 Å². The van der Waals surface area contributed by atoms with Crippen LogP contribution >= 0.6 is 0 Å². The van der Waals surface area contributed by atoms with E-state index in [1.54, 1.807) is 0 Å². The monoisotopic (exact) mass is 440 g/mol. The molecule has 1 fully saturated rings. The molecular weight excluding hydrogens is 400 g/mol. The molecule has 1 aliphatic rings.